The quantitative estimate of drug-likeness (QED) is 0.683. The van der Waals surface area contributed by atoms with E-state index in [1.165, 1.54) is 5.57 Å². The van der Waals surface area contributed by atoms with Crippen molar-refractivity contribution in [3.63, 3.8) is 0 Å². The van der Waals surface area contributed by atoms with Crippen molar-refractivity contribution in [3.05, 3.63) is 24.2 Å². The molecule has 0 aliphatic heterocycles. The van der Waals surface area contributed by atoms with E-state index in [4.69, 9.17) is 0 Å². The summed E-state index contributed by atoms with van der Waals surface area (Å²) in [6.45, 7) is 2.05. The van der Waals surface area contributed by atoms with E-state index in [0.29, 0.717) is 0 Å². The Hall–Kier alpha value is -1.25. The van der Waals surface area contributed by atoms with E-state index in [0.717, 1.165) is 5.56 Å². The third-order valence-corrected chi connectivity index (χ3v) is 1.52. The molecule has 0 saturated carbocycles. The van der Waals surface area contributed by atoms with Gasteiger partial charge in [-0.2, -0.15) is 5.10 Å². The molecule has 0 spiro atoms. The summed E-state index contributed by atoms with van der Waals surface area (Å²) in [6, 6.07) is 0. The van der Waals surface area contributed by atoms with E-state index in [-0.39, 0.29) is 0 Å². The van der Waals surface area contributed by atoms with Crippen LogP contribution in [0.4, 0.5) is 0 Å². The van der Waals surface area contributed by atoms with Gasteiger partial charge in [-0.25, -0.2) is 0 Å². The fourth-order valence-corrected chi connectivity index (χ4v) is 0.925. The molecule has 0 bridgehead atoms. The van der Waals surface area contributed by atoms with Gasteiger partial charge < -0.3 is 5.32 Å². The van der Waals surface area contributed by atoms with Crippen LogP contribution >= 0.6 is 0 Å². The van der Waals surface area contributed by atoms with Crippen molar-refractivity contribution in [1.82, 2.24) is 15.1 Å². The second kappa shape index (κ2) is 3.23. The summed E-state index contributed by atoms with van der Waals surface area (Å²) < 4.78 is 1.79. The smallest absolute Gasteiger partial charge is 0.0565 e. The van der Waals surface area contributed by atoms with Crippen LogP contribution in [0.25, 0.3) is 5.57 Å². The lowest BCUT2D eigenvalue weighted by Gasteiger charge is -1.94. The summed E-state index contributed by atoms with van der Waals surface area (Å²) in [5, 5.41) is 7.04. The monoisotopic (exact) mass is 151 g/mol. The number of aryl methyl sites for hydroxylation is 1. The van der Waals surface area contributed by atoms with Gasteiger partial charge in [-0.1, -0.05) is 0 Å². The van der Waals surface area contributed by atoms with Crippen LogP contribution in [0.5, 0.6) is 0 Å². The Morgan fingerprint density at radius 1 is 1.73 bits per heavy atom. The van der Waals surface area contributed by atoms with Gasteiger partial charge in [0.1, 0.15) is 0 Å². The number of hydrogen-bond acceptors (Lipinski definition) is 2. The number of hydrogen-bond donors (Lipinski definition) is 1. The Morgan fingerprint density at radius 2 is 2.45 bits per heavy atom. The molecule has 11 heavy (non-hydrogen) atoms. The fraction of sp³-hybridized carbons (Fsp3) is 0.375. The molecule has 1 rings (SSSR count). The van der Waals surface area contributed by atoms with Gasteiger partial charge >= 0.3 is 0 Å². The van der Waals surface area contributed by atoms with Crippen LogP contribution in [-0.2, 0) is 7.05 Å². The number of aromatic nitrogens is 2. The third-order valence-electron chi connectivity index (χ3n) is 1.52. The largest absolute Gasteiger partial charge is 0.394 e. The van der Waals surface area contributed by atoms with Crippen LogP contribution in [-0.4, -0.2) is 16.8 Å². The number of allylic oxidation sites excluding steroid dienone is 1. The molecule has 0 saturated heterocycles. The molecule has 1 aromatic rings. The van der Waals surface area contributed by atoms with Gasteiger partial charge in [0.2, 0.25) is 0 Å². The predicted octanol–water partition coefficient (Wildman–Crippen LogP) is 1.00. The molecule has 0 aliphatic rings. The van der Waals surface area contributed by atoms with Gasteiger partial charge in [-0.15, -0.1) is 0 Å². The van der Waals surface area contributed by atoms with Crippen molar-refractivity contribution in [3.8, 4) is 0 Å². The summed E-state index contributed by atoms with van der Waals surface area (Å²) in [5.74, 6) is 0. The SMILES string of the molecule is CN/C=C(\C)c1cnn(C)c1. The molecular weight excluding hydrogens is 138 g/mol. The van der Waals surface area contributed by atoms with Gasteiger partial charge in [0.05, 0.1) is 6.20 Å². The van der Waals surface area contributed by atoms with E-state index in [2.05, 4.69) is 10.4 Å². The minimum Gasteiger partial charge on any atom is -0.394 e. The molecule has 0 aromatic carbocycles. The van der Waals surface area contributed by atoms with Crippen LogP contribution in [0.1, 0.15) is 12.5 Å². The molecule has 0 radical (unpaired) electrons. The number of nitrogens with zero attached hydrogens (tertiary/aromatic N) is 2. The summed E-state index contributed by atoms with van der Waals surface area (Å²) in [7, 11) is 3.80. The normalized spacial score (nSPS) is 11.7. The molecule has 1 N–H and O–H groups in total. The van der Waals surface area contributed by atoms with Crippen LogP contribution in [0.2, 0.25) is 0 Å². The topological polar surface area (TPSA) is 29.9 Å². The first kappa shape index (κ1) is 7.85. The Labute approximate surface area is 66.7 Å². The van der Waals surface area contributed by atoms with Crippen LogP contribution in [0.15, 0.2) is 18.6 Å². The van der Waals surface area contributed by atoms with Crippen molar-refractivity contribution in [2.24, 2.45) is 7.05 Å². The zero-order valence-corrected chi connectivity index (χ0v) is 7.13. The summed E-state index contributed by atoms with van der Waals surface area (Å²) >= 11 is 0. The lowest BCUT2D eigenvalue weighted by atomic mass is 10.2. The van der Waals surface area contributed by atoms with Crippen molar-refractivity contribution < 1.29 is 0 Å². The molecule has 0 aliphatic carbocycles. The van der Waals surface area contributed by atoms with E-state index >= 15 is 0 Å². The Kier molecular flexibility index (Phi) is 2.31. The van der Waals surface area contributed by atoms with Crippen LogP contribution in [0, 0.1) is 0 Å². The molecule has 0 unspecified atom stereocenters. The van der Waals surface area contributed by atoms with Crippen LogP contribution in [0.3, 0.4) is 0 Å². The highest BCUT2D eigenvalue weighted by molar-refractivity contribution is 5.61. The summed E-state index contributed by atoms with van der Waals surface area (Å²) in [5.41, 5.74) is 2.35. The first-order chi connectivity index (χ1) is 5.24. The molecule has 0 amide bonds. The van der Waals surface area contributed by atoms with E-state index < -0.39 is 0 Å². The molecular formula is C8H13N3. The van der Waals surface area contributed by atoms with Crippen molar-refractivity contribution in [2.75, 3.05) is 7.05 Å². The first-order valence-corrected chi connectivity index (χ1v) is 3.57. The number of nitrogens with one attached hydrogen (secondary N) is 1. The minimum atomic E-state index is 1.15. The molecule has 3 heteroatoms. The van der Waals surface area contributed by atoms with Crippen molar-refractivity contribution in [2.45, 2.75) is 6.92 Å². The first-order valence-electron chi connectivity index (χ1n) is 3.57. The van der Waals surface area contributed by atoms with Gasteiger partial charge in [-0.05, 0) is 18.7 Å². The summed E-state index contributed by atoms with van der Waals surface area (Å²) in [4.78, 5) is 0. The van der Waals surface area contributed by atoms with E-state index in [1.54, 1.807) is 4.68 Å². The maximum absolute atomic E-state index is 4.07. The lowest BCUT2D eigenvalue weighted by molar-refractivity contribution is 0.767. The van der Waals surface area contributed by atoms with Crippen molar-refractivity contribution in [1.29, 1.82) is 0 Å². The standard InChI is InChI=1S/C8H13N3/c1-7(4-9-2)8-5-10-11(3)6-8/h4-6,9H,1-3H3/b7-4+. The Morgan fingerprint density at radius 3 is 2.91 bits per heavy atom. The highest BCUT2D eigenvalue weighted by Gasteiger charge is 1.95. The van der Waals surface area contributed by atoms with Gasteiger partial charge in [0.25, 0.3) is 0 Å². The molecule has 3 nitrogen and oxygen atoms in total. The second-order valence-electron chi connectivity index (χ2n) is 2.52. The number of rotatable bonds is 2. The third kappa shape index (κ3) is 1.83. The molecule has 60 valence electrons. The van der Waals surface area contributed by atoms with Crippen molar-refractivity contribution >= 4 is 5.57 Å². The Bertz CT molecular complexity index is 260. The van der Waals surface area contributed by atoms with E-state index in [1.807, 2.05) is 39.6 Å². The molecule has 1 heterocycles. The predicted molar refractivity (Wildman–Crippen MR) is 45.9 cm³/mol. The second-order valence-corrected chi connectivity index (χ2v) is 2.52. The average molecular weight is 151 g/mol. The summed E-state index contributed by atoms with van der Waals surface area (Å²) in [6.07, 6.45) is 5.80. The van der Waals surface area contributed by atoms with Gasteiger partial charge in [0, 0.05) is 25.9 Å². The van der Waals surface area contributed by atoms with Gasteiger partial charge in [0.15, 0.2) is 0 Å². The molecule has 0 fully saturated rings. The highest BCUT2D eigenvalue weighted by atomic mass is 15.2. The minimum absolute atomic E-state index is 1.15. The maximum Gasteiger partial charge on any atom is 0.0565 e. The lowest BCUT2D eigenvalue weighted by Crippen LogP contribution is -1.93. The van der Waals surface area contributed by atoms with Gasteiger partial charge in [-0.3, -0.25) is 4.68 Å². The molecule has 0 atom stereocenters. The van der Waals surface area contributed by atoms with E-state index in [9.17, 15) is 0 Å². The maximum atomic E-state index is 4.07. The fourth-order valence-electron chi connectivity index (χ4n) is 0.925. The zero-order chi connectivity index (χ0) is 8.27. The molecule has 1 aromatic heterocycles. The Balaban J connectivity index is 2.84. The highest BCUT2D eigenvalue weighted by Crippen LogP contribution is 2.09. The van der Waals surface area contributed by atoms with Crippen LogP contribution < -0.4 is 5.32 Å². The average Bonchev–Trinajstić information content (AvgIpc) is 2.36. The zero-order valence-electron chi connectivity index (χ0n) is 7.13.